The van der Waals surface area contributed by atoms with E-state index in [2.05, 4.69) is 21.2 Å². The van der Waals surface area contributed by atoms with Crippen LogP contribution in [0.3, 0.4) is 0 Å². The topological polar surface area (TPSA) is 55.1 Å². The fraction of sp³-hybridized carbons (Fsp3) is 0.417. The number of hydrogen-bond donors (Lipinski definition) is 2. The number of hydrogen-bond acceptors (Lipinski definition) is 2. The number of anilines is 1. The van der Waals surface area contributed by atoms with Gasteiger partial charge in [-0.25, -0.2) is 4.39 Å². The first kappa shape index (κ1) is 14.1. The van der Waals surface area contributed by atoms with Gasteiger partial charge in [0.15, 0.2) is 0 Å². The van der Waals surface area contributed by atoms with Gasteiger partial charge in [-0.1, -0.05) is 13.8 Å². The molecule has 3 nitrogen and oxygen atoms in total. The van der Waals surface area contributed by atoms with Crippen LogP contribution in [0, 0.1) is 18.7 Å². The van der Waals surface area contributed by atoms with Gasteiger partial charge in [-0.2, -0.15) is 0 Å². The molecule has 0 fully saturated rings. The van der Waals surface area contributed by atoms with Gasteiger partial charge in [-0.05, 0) is 46.5 Å². The van der Waals surface area contributed by atoms with E-state index in [-0.39, 0.29) is 17.6 Å². The molecule has 94 valence electrons. The second kappa shape index (κ2) is 5.60. The van der Waals surface area contributed by atoms with E-state index < -0.39 is 6.04 Å². The Morgan fingerprint density at radius 1 is 1.47 bits per heavy atom. The molecule has 0 aliphatic heterocycles. The zero-order valence-corrected chi connectivity index (χ0v) is 11.6. The van der Waals surface area contributed by atoms with Crippen LogP contribution in [0.5, 0.6) is 0 Å². The highest BCUT2D eigenvalue weighted by Crippen LogP contribution is 2.24. The maximum atomic E-state index is 13.2. The number of carbonyl (C=O) groups excluding carboxylic acids is 1. The Kier molecular flexibility index (Phi) is 4.65. The molecule has 0 aromatic heterocycles. The van der Waals surface area contributed by atoms with Gasteiger partial charge in [0.2, 0.25) is 5.91 Å². The molecule has 0 saturated heterocycles. The lowest BCUT2D eigenvalue weighted by molar-refractivity contribution is -0.118. The van der Waals surface area contributed by atoms with Crippen molar-refractivity contribution < 1.29 is 9.18 Å². The number of nitrogens with two attached hydrogens (primary N) is 1. The molecule has 0 aliphatic carbocycles. The standard InChI is InChI=1S/C12H16BrFN2O/c1-6(2)11(15)12(17)16-10-5-8(13)9(14)4-7(10)3/h4-6,11H,15H2,1-3H3,(H,16,17)/t11-/m1/s1. The maximum Gasteiger partial charge on any atom is 0.241 e. The minimum atomic E-state index is -0.571. The molecule has 5 heteroatoms. The van der Waals surface area contributed by atoms with Crippen LogP contribution in [-0.4, -0.2) is 11.9 Å². The van der Waals surface area contributed by atoms with E-state index in [4.69, 9.17) is 5.73 Å². The minimum absolute atomic E-state index is 0.0548. The number of carbonyl (C=O) groups is 1. The Balaban J connectivity index is 2.89. The molecule has 0 spiro atoms. The van der Waals surface area contributed by atoms with Gasteiger partial charge in [-0.3, -0.25) is 4.79 Å². The van der Waals surface area contributed by atoms with Gasteiger partial charge < -0.3 is 11.1 Å². The van der Waals surface area contributed by atoms with Crippen molar-refractivity contribution in [3.05, 3.63) is 28.0 Å². The summed E-state index contributed by atoms with van der Waals surface area (Å²) in [6, 6.07) is 2.33. The Morgan fingerprint density at radius 3 is 2.59 bits per heavy atom. The maximum absolute atomic E-state index is 13.2. The van der Waals surface area contributed by atoms with E-state index in [1.165, 1.54) is 12.1 Å². The minimum Gasteiger partial charge on any atom is -0.324 e. The van der Waals surface area contributed by atoms with E-state index in [0.29, 0.717) is 15.7 Å². The van der Waals surface area contributed by atoms with Crippen LogP contribution in [0.4, 0.5) is 10.1 Å². The largest absolute Gasteiger partial charge is 0.324 e. The van der Waals surface area contributed by atoms with Crippen LogP contribution < -0.4 is 11.1 Å². The average molecular weight is 303 g/mol. The molecular weight excluding hydrogens is 287 g/mol. The highest BCUT2D eigenvalue weighted by Gasteiger charge is 2.18. The van der Waals surface area contributed by atoms with E-state index in [0.717, 1.165) is 0 Å². The first-order chi connectivity index (χ1) is 7.82. The number of rotatable bonds is 3. The van der Waals surface area contributed by atoms with E-state index in [1.807, 2.05) is 13.8 Å². The van der Waals surface area contributed by atoms with Crippen molar-refractivity contribution in [1.82, 2.24) is 0 Å². The molecule has 0 aliphatic rings. The molecule has 1 atom stereocenters. The van der Waals surface area contributed by atoms with Crippen LogP contribution >= 0.6 is 15.9 Å². The van der Waals surface area contributed by atoms with Gasteiger partial charge in [0, 0.05) is 5.69 Å². The van der Waals surface area contributed by atoms with Crippen LogP contribution in [0.2, 0.25) is 0 Å². The van der Waals surface area contributed by atoms with Crippen molar-refractivity contribution in [3.8, 4) is 0 Å². The fourth-order valence-corrected chi connectivity index (χ4v) is 1.64. The summed E-state index contributed by atoms with van der Waals surface area (Å²) in [5.41, 5.74) is 6.96. The van der Waals surface area contributed by atoms with E-state index in [1.54, 1.807) is 6.92 Å². The molecule has 3 N–H and O–H groups in total. The van der Waals surface area contributed by atoms with Gasteiger partial charge in [0.05, 0.1) is 10.5 Å². The van der Waals surface area contributed by atoms with Crippen LogP contribution in [-0.2, 0) is 4.79 Å². The van der Waals surface area contributed by atoms with Gasteiger partial charge in [0.1, 0.15) is 5.82 Å². The molecule has 1 amide bonds. The second-order valence-electron chi connectivity index (χ2n) is 4.34. The zero-order chi connectivity index (χ0) is 13.2. The van der Waals surface area contributed by atoms with E-state index >= 15 is 0 Å². The molecule has 1 aromatic carbocycles. The summed E-state index contributed by atoms with van der Waals surface area (Å²) < 4.78 is 13.5. The van der Waals surface area contributed by atoms with Gasteiger partial charge >= 0.3 is 0 Å². The SMILES string of the molecule is Cc1cc(F)c(Br)cc1NC(=O)[C@H](N)C(C)C. The summed E-state index contributed by atoms with van der Waals surface area (Å²) in [5, 5.41) is 2.70. The average Bonchev–Trinajstić information content (AvgIpc) is 2.24. The van der Waals surface area contributed by atoms with Crippen molar-refractivity contribution in [2.75, 3.05) is 5.32 Å². The summed E-state index contributed by atoms with van der Waals surface area (Å²) in [4.78, 5) is 11.8. The highest BCUT2D eigenvalue weighted by atomic mass is 79.9. The zero-order valence-electron chi connectivity index (χ0n) is 10.1. The third kappa shape index (κ3) is 3.51. The summed E-state index contributed by atoms with van der Waals surface area (Å²) >= 11 is 3.08. The molecule has 0 saturated carbocycles. The lowest BCUT2D eigenvalue weighted by Crippen LogP contribution is -2.39. The molecular formula is C12H16BrFN2O. The Bertz CT molecular complexity index is 435. The van der Waals surface area contributed by atoms with E-state index in [9.17, 15) is 9.18 Å². The molecule has 0 unspecified atom stereocenters. The lowest BCUT2D eigenvalue weighted by atomic mass is 10.0. The van der Waals surface area contributed by atoms with Gasteiger partial charge in [0.25, 0.3) is 0 Å². The molecule has 0 radical (unpaired) electrons. The third-order valence-corrected chi connectivity index (χ3v) is 3.15. The number of nitrogens with one attached hydrogen (secondary N) is 1. The predicted molar refractivity (Wildman–Crippen MR) is 70.3 cm³/mol. The predicted octanol–water partition coefficient (Wildman–Crippen LogP) is 2.82. The molecule has 0 bridgehead atoms. The second-order valence-corrected chi connectivity index (χ2v) is 5.19. The van der Waals surface area contributed by atoms with Crippen molar-refractivity contribution in [2.24, 2.45) is 11.7 Å². The number of halogens is 2. The highest BCUT2D eigenvalue weighted by molar-refractivity contribution is 9.10. The fourth-order valence-electron chi connectivity index (χ4n) is 1.30. The Morgan fingerprint density at radius 2 is 2.06 bits per heavy atom. The number of amides is 1. The number of benzene rings is 1. The first-order valence-electron chi connectivity index (χ1n) is 5.35. The summed E-state index contributed by atoms with van der Waals surface area (Å²) in [7, 11) is 0. The van der Waals surface area contributed by atoms with Crippen molar-refractivity contribution >= 4 is 27.5 Å². The summed E-state index contributed by atoms with van der Waals surface area (Å²) in [6.07, 6.45) is 0. The summed E-state index contributed by atoms with van der Waals surface area (Å²) in [5.74, 6) is -0.561. The Labute approximate surface area is 109 Å². The normalized spacial score (nSPS) is 12.6. The van der Waals surface area contributed by atoms with Crippen LogP contribution in [0.1, 0.15) is 19.4 Å². The third-order valence-electron chi connectivity index (χ3n) is 2.55. The van der Waals surface area contributed by atoms with Crippen LogP contribution in [0.15, 0.2) is 16.6 Å². The van der Waals surface area contributed by atoms with Gasteiger partial charge in [-0.15, -0.1) is 0 Å². The van der Waals surface area contributed by atoms with Crippen molar-refractivity contribution in [3.63, 3.8) is 0 Å². The number of aryl methyl sites for hydroxylation is 1. The Hall–Kier alpha value is -0.940. The summed E-state index contributed by atoms with van der Waals surface area (Å²) in [6.45, 7) is 5.47. The lowest BCUT2D eigenvalue weighted by Gasteiger charge is -2.16. The molecule has 1 rings (SSSR count). The smallest absolute Gasteiger partial charge is 0.241 e. The molecule has 0 heterocycles. The van der Waals surface area contributed by atoms with Crippen molar-refractivity contribution in [2.45, 2.75) is 26.8 Å². The monoisotopic (exact) mass is 302 g/mol. The quantitative estimate of drug-likeness (QED) is 0.902. The van der Waals surface area contributed by atoms with Crippen LogP contribution in [0.25, 0.3) is 0 Å². The van der Waals surface area contributed by atoms with Crippen molar-refractivity contribution in [1.29, 1.82) is 0 Å². The first-order valence-corrected chi connectivity index (χ1v) is 6.14. The molecule has 1 aromatic rings. The molecule has 17 heavy (non-hydrogen) atoms.